The van der Waals surface area contributed by atoms with Crippen LogP contribution in [0.25, 0.3) is 0 Å². The number of ether oxygens (including phenoxy) is 2. The highest BCUT2D eigenvalue weighted by molar-refractivity contribution is 5.68. The van der Waals surface area contributed by atoms with Crippen LogP contribution in [-0.2, 0) is 9.47 Å². The third-order valence-corrected chi connectivity index (χ3v) is 5.08. The first kappa shape index (κ1) is 18.5. The Morgan fingerprint density at radius 1 is 1.30 bits per heavy atom. The minimum absolute atomic E-state index is 0.289. The van der Waals surface area contributed by atoms with Gasteiger partial charge in [0.1, 0.15) is 11.8 Å². The number of aliphatic hydroxyl groups is 1. The molecule has 0 aromatic rings. The number of rotatable bonds is 3. The highest BCUT2D eigenvalue weighted by Gasteiger charge is 2.47. The highest BCUT2D eigenvalue weighted by atomic mass is 16.6. The van der Waals surface area contributed by atoms with Gasteiger partial charge in [0.2, 0.25) is 0 Å². The van der Waals surface area contributed by atoms with Gasteiger partial charge in [-0.2, -0.15) is 0 Å². The van der Waals surface area contributed by atoms with Crippen LogP contribution in [0.3, 0.4) is 0 Å². The summed E-state index contributed by atoms with van der Waals surface area (Å²) < 4.78 is 11.5. The minimum atomic E-state index is -0.749. The van der Waals surface area contributed by atoms with Crippen LogP contribution in [0.1, 0.15) is 66.7 Å². The third-order valence-electron chi connectivity index (χ3n) is 5.08. The first-order valence-corrected chi connectivity index (χ1v) is 8.91. The molecule has 0 aromatic carbocycles. The van der Waals surface area contributed by atoms with E-state index in [1.54, 1.807) is 4.90 Å². The van der Waals surface area contributed by atoms with Crippen molar-refractivity contribution in [3.05, 3.63) is 0 Å². The fraction of sp³-hybridized carbons (Fsp3) is 0.944. The fourth-order valence-electron chi connectivity index (χ4n) is 3.51. The van der Waals surface area contributed by atoms with Crippen molar-refractivity contribution in [3.63, 3.8) is 0 Å². The fourth-order valence-corrected chi connectivity index (χ4v) is 3.51. The average molecular weight is 327 g/mol. The lowest BCUT2D eigenvalue weighted by Gasteiger charge is -2.31. The molecule has 134 valence electrons. The standard InChI is InChI=1S/C18H33NO4/c1-17(2,3)15(20)14-11-19(18(4,5)23-14)16(21)22-12-13-9-7-6-8-10-13/h13-15,20H,6-12H2,1-5H3. The number of hydrogen-bond donors (Lipinski definition) is 1. The molecule has 1 heterocycles. The van der Waals surface area contributed by atoms with Crippen molar-refractivity contribution in [3.8, 4) is 0 Å². The molecule has 23 heavy (non-hydrogen) atoms. The molecule has 0 spiro atoms. The molecule has 1 saturated carbocycles. The second-order valence-corrected chi connectivity index (χ2v) is 8.61. The van der Waals surface area contributed by atoms with Crippen molar-refractivity contribution in [2.24, 2.45) is 11.3 Å². The highest BCUT2D eigenvalue weighted by Crippen LogP contribution is 2.34. The van der Waals surface area contributed by atoms with Crippen LogP contribution in [0, 0.1) is 11.3 Å². The number of nitrogens with zero attached hydrogens (tertiary/aromatic N) is 1. The molecule has 5 nitrogen and oxygen atoms in total. The molecular formula is C18H33NO4. The van der Waals surface area contributed by atoms with Crippen LogP contribution in [-0.4, -0.2) is 47.2 Å². The van der Waals surface area contributed by atoms with Gasteiger partial charge in [-0.1, -0.05) is 40.0 Å². The quantitative estimate of drug-likeness (QED) is 0.861. The molecule has 2 rings (SSSR count). The van der Waals surface area contributed by atoms with Gasteiger partial charge in [0, 0.05) is 0 Å². The summed E-state index contributed by atoms with van der Waals surface area (Å²) in [5.41, 5.74) is -1.04. The van der Waals surface area contributed by atoms with Crippen LogP contribution in [0.4, 0.5) is 4.79 Å². The topological polar surface area (TPSA) is 59.0 Å². The normalized spacial score (nSPS) is 27.0. The number of hydrogen-bond acceptors (Lipinski definition) is 4. The molecule has 0 radical (unpaired) electrons. The summed E-state index contributed by atoms with van der Waals surface area (Å²) in [7, 11) is 0. The molecule has 2 fully saturated rings. The molecule has 1 aliphatic heterocycles. The zero-order valence-corrected chi connectivity index (χ0v) is 15.3. The first-order valence-electron chi connectivity index (χ1n) is 8.91. The van der Waals surface area contributed by atoms with Crippen LogP contribution in [0.2, 0.25) is 0 Å². The maximum atomic E-state index is 12.5. The number of carbonyl (C=O) groups excluding carboxylic acids is 1. The molecule has 1 saturated heterocycles. The van der Waals surface area contributed by atoms with Crippen LogP contribution < -0.4 is 0 Å². The predicted molar refractivity (Wildman–Crippen MR) is 89.0 cm³/mol. The molecule has 5 heteroatoms. The zero-order chi connectivity index (χ0) is 17.3. The van der Waals surface area contributed by atoms with Gasteiger partial charge < -0.3 is 14.6 Å². The van der Waals surface area contributed by atoms with E-state index >= 15 is 0 Å². The number of carbonyl (C=O) groups is 1. The van der Waals surface area contributed by atoms with E-state index in [2.05, 4.69) is 0 Å². The van der Waals surface area contributed by atoms with Gasteiger partial charge in [0.05, 0.1) is 19.3 Å². The average Bonchev–Trinajstić information content (AvgIpc) is 2.79. The summed E-state index contributed by atoms with van der Waals surface area (Å²) in [6.07, 6.45) is 4.73. The first-order chi connectivity index (χ1) is 10.6. The van der Waals surface area contributed by atoms with Gasteiger partial charge in [-0.3, -0.25) is 4.90 Å². The summed E-state index contributed by atoms with van der Waals surface area (Å²) in [5.74, 6) is 0.496. The lowest BCUT2D eigenvalue weighted by Crippen LogP contribution is -2.44. The molecular weight excluding hydrogens is 294 g/mol. The molecule has 0 bridgehead atoms. The molecule has 2 atom stereocenters. The summed E-state index contributed by atoms with van der Waals surface area (Å²) in [4.78, 5) is 14.1. The Bertz CT molecular complexity index is 410. The van der Waals surface area contributed by atoms with Gasteiger partial charge in [0.25, 0.3) is 0 Å². The Morgan fingerprint density at radius 2 is 1.91 bits per heavy atom. The van der Waals surface area contributed by atoms with Gasteiger partial charge in [-0.05, 0) is 38.0 Å². The monoisotopic (exact) mass is 327 g/mol. The Balaban J connectivity index is 1.91. The third kappa shape index (κ3) is 4.60. The minimum Gasteiger partial charge on any atom is -0.449 e. The van der Waals surface area contributed by atoms with Crippen molar-refractivity contribution in [2.45, 2.75) is 84.7 Å². The van der Waals surface area contributed by atoms with E-state index in [-0.39, 0.29) is 17.6 Å². The van der Waals surface area contributed by atoms with Crippen LogP contribution >= 0.6 is 0 Å². The maximum Gasteiger partial charge on any atom is 0.412 e. The van der Waals surface area contributed by atoms with E-state index in [1.165, 1.54) is 19.3 Å². The molecule has 1 N–H and O–H groups in total. The Hall–Kier alpha value is -0.810. The molecule has 0 aromatic heterocycles. The van der Waals surface area contributed by atoms with Gasteiger partial charge in [-0.15, -0.1) is 0 Å². The van der Waals surface area contributed by atoms with Gasteiger partial charge >= 0.3 is 6.09 Å². The summed E-state index contributed by atoms with van der Waals surface area (Å²) in [5, 5.41) is 10.4. The lowest BCUT2D eigenvalue weighted by atomic mass is 9.86. The molecule has 1 aliphatic carbocycles. The number of amides is 1. The second kappa shape index (κ2) is 6.98. The largest absolute Gasteiger partial charge is 0.449 e. The van der Waals surface area contributed by atoms with Gasteiger partial charge in [-0.25, -0.2) is 4.79 Å². The van der Waals surface area contributed by atoms with Crippen molar-refractivity contribution >= 4 is 6.09 Å². The van der Waals surface area contributed by atoms with E-state index in [9.17, 15) is 9.90 Å². The lowest BCUT2D eigenvalue weighted by molar-refractivity contribution is -0.120. The molecule has 1 amide bonds. The second-order valence-electron chi connectivity index (χ2n) is 8.61. The van der Waals surface area contributed by atoms with E-state index in [0.717, 1.165) is 12.8 Å². The summed E-state index contributed by atoms with van der Waals surface area (Å²) in [6.45, 7) is 10.5. The number of aliphatic hydroxyl groups excluding tert-OH is 1. The smallest absolute Gasteiger partial charge is 0.412 e. The summed E-state index contributed by atoms with van der Waals surface area (Å²) in [6, 6.07) is 0. The Labute approximate surface area is 140 Å². The van der Waals surface area contributed by atoms with Crippen molar-refractivity contribution in [2.75, 3.05) is 13.2 Å². The van der Waals surface area contributed by atoms with Crippen LogP contribution in [0.5, 0.6) is 0 Å². The van der Waals surface area contributed by atoms with E-state index in [4.69, 9.17) is 9.47 Å². The zero-order valence-electron chi connectivity index (χ0n) is 15.3. The summed E-state index contributed by atoms with van der Waals surface area (Å²) >= 11 is 0. The molecule has 2 aliphatic rings. The SMILES string of the molecule is CC(C)(C)C(O)C1CN(C(=O)OCC2CCCCC2)C(C)(C)O1. The van der Waals surface area contributed by atoms with E-state index in [0.29, 0.717) is 19.1 Å². The van der Waals surface area contributed by atoms with Crippen LogP contribution in [0.15, 0.2) is 0 Å². The van der Waals surface area contributed by atoms with E-state index < -0.39 is 11.8 Å². The maximum absolute atomic E-state index is 12.5. The molecule has 2 unspecified atom stereocenters. The Morgan fingerprint density at radius 3 is 2.48 bits per heavy atom. The van der Waals surface area contributed by atoms with Crippen molar-refractivity contribution < 1.29 is 19.4 Å². The predicted octanol–water partition coefficient (Wildman–Crippen LogP) is 3.55. The van der Waals surface area contributed by atoms with Gasteiger partial charge in [0.15, 0.2) is 0 Å². The van der Waals surface area contributed by atoms with Crippen molar-refractivity contribution in [1.82, 2.24) is 4.90 Å². The Kier molecular flexibility index (Phi) is 5.62. The van der Waals surface area contributed by atoms with Crippen molar-refractivity contribution in [1.29, 1.82) is 0 Å². The van der Waals surface area contributed by atoms with E-state index in [1.807, 2.05) is 34.6 Å².